The van der Waals surface area contributed by atoms with Crippen molar-refractivity contribution in [2.24, 2.45) is 0 Å². The number of hydrogen-bond acceptors (Lipinski definition) is 5. The van der Waals surface area contributed by atoms with Gasteiger partial charge in [-0.15, -0.1) is 11.3 Å². The van der Waals surface area contributed by atoms with Gasteiger partial charge in [-0.25, -0.2) is 4.98 Å². The van der Waals surface area contributed by atoms with Crippen molar-refractivity contribution in [1.29, 1.82) is 0 Å². The molecule has 4 rings (SSSR count). The predicted molar refractivity (Wildman–Crippen MR) is 101 cm³/mol. The highest BCUT2D eigenvalue weighted by molar-refractivity contribution is 7.18. The Labute approximate surface area is 155 Å². The highest BCUT2D eigenvalue weighted by Crippen LogP contribution is 2.31. The summed E-state index contributed by atoms with van der Waals surface area (Å²) in [4.78, 5) is 37.9. The van der Waals surface area contributed by atoms with Gasteiger partial charge in [-0.2, -0.15) is 0 Å². The zero-order valence-electron chi connectivity index (χ0n) is 14.8. The zero-order chi connectivity index (χ0) is 18.3. The molecule has 134 valence electrons. The van der Waals surface area contributed by atoms with E-state index in [1.807, 2.05) is 30.9 Å². The predicted octanol–water partition coefficient (Wildman–Crippen LogP) is 2.83. The molecule has 0 spiro atoms. The van der Waals surface area contributed by atoms with Crippen molar-refractivity contribution in [2.75, 3.05) is 6.54 Å². The fourth-order valence-electron chi connectivity index (χ4n) is 3.62. The summed E-state index contributed by atoms with van der Waals surface area (Å²) in [7, 11) is 0. The number of hydrogen-bond donors (Lipinski definition) is 0. The van der Waals surface area contributed by atoms with E-state index in [0.717, 1.165) is 33.7 Å². The van der Waals surface area contributed by atoms with Gasteiger partial charge in [0.05, 0.1) is 17.8 Å². The second kappa shape index (κ2) is 6.64. The van der Waals surface area contributed by atoms with E-state index >= 15 is 0 Å². The molecule has 1 saturated heterocycles. The smallest absolute Gasteiger partial charge is 0.262 e. The third kappa shape index (κ3) is 2.82. The third-order valence-electron chi connectivity index (χ3n) is 5.13. The van der Waals surface area contributed by atoms with Gasteiger partial charge in [-0.05, 0) is 49.9 Å². The maximum Gasteiger partial charge on any atom is 0.262 e. The van der Waals surface area contributed by atoms with E-state index in [1.165, 1.54) is 22.2 Å². The average molecular weight is 368 g/mol. The maximum atomic E-state index is 12.9. The lowest BCUT2D eigenvalue weighted by atomic mass is 10.1. The highest BCUT2D eigenvalue weighted by atomic mass is 32.1. The third-order valence-corrected chi connectivity index (χ3v) is 6.24. The van der Waals surface area contributed by atoms with Crippen molar-refractivity contribution >= 4 is 27.5 Å². The first kappa shape index (κ1) is 16.9. The molecule has 3 aromatic rings. The highest BCUT2D eigenvalue weighted by Gasteiger charge is 2.30. The van der Waals surface area contributed by atoms with Gasteiger partial charge < -0.3 is 4.90 Å². The van der Waals surface area contributed by atoms with Gasteiger partial charge in [-0.3, -0.25) is 19.1 Å². The molecule has 0 aromatic carbocycles. The fraction of sp³-hybridized carbons (Fsp3) is 0.368. The number of likely N-dealkylation sites (tertiary alicyclic amines) is 1. The molecule has 26 heavy (non-hydrogen) atoms. The lowest BCUT2D eigenvalue weighted by Crippen LogP contribution is -2.36. The average Bonchev–Trinajstić information content (AvgIpc) is 3.24. The second-order valence-electron chi connectivity index (χ2n) is 6.67. The number of carbonyl (C=O) groups excluding carboxylic acids is 1. The number of carbonyl (C=O) groups is 1. The van der Waals surface area contributed by atoms with Crippen LogP contribution in [0.2, 0.25) is 0 Å². The normalized spacial score (nSPS) is 17.2. The molecule has 0 bridgehead atoms. The number of aryl methyl sites for hydroxylation is 2. The molecule has 4 heterocycles. The van der Waals surface area contributed by atoms with Crippen molar-refractivity contribution in [3.05, 3.63) is 57.2 Å². The van der Waals surface area contributed by atoms with Crippen LogP contribution in [0.25, 0.3) is 10.2 Å². The minimum absolute atomic E-state index is 0.0255. The molecular formula is C19H20N4O2S. The van der Waals surface area contributed by atoms with Crippen LogP contribution in [0.5, 0.6) is 0 Å². The molecule has 1 fully saturated rings. The van der Waals surface area contributed by atoms with Crippen LogP contribution in [0, 0.1) is 13.8 Å². The van der Waals surface area contributed by atoms with E-state index in [4.69, 9.17) is 0 Å². The molecule has 7 heteroatoms. The van der Waals surface area contributed by atoms with Gasteiger partial charge in [0, 0.05) is 23.8 Å². The van der Waals surface area contributed by atoms with Crippen LogP contribution in [0.3, 0.4) is 0 Å². The number of amides is 1. The molecule has 1 atom stereocenters. The van der Waals surface area contributed by atoms with Gasteiger partial charge in [-0.1, -0.05) is 0 Å². The Hall–Kier alpha value is -2.54. The van der Waals surface area contributed by atoms with Crippen molar-refractivity contribution in [3.63, 3.8) is 0 Å². The molecule has 0 unspecified atom stereocenters. The standard InChI is InChI=1S/C19H20N4O2S/c1-12-13(2)26-18-17(12)19(25)22(11-21-18)10-16(24)23-9-3-4-15(23)14-5-7-20-8-6-14/h5-8,11,15H,3-4,9-10H2,1-2H3/t15-/m1/s1. The lowest BCUT2D eigenvalue weighted by molar-refractivity contribution is -0.132. The molecule has 1 amide bonds. The minimum Gasteiger partial charge on any atom is -0.334 e. The Kier molecular flexibility index (Phi) is 4.32. The topological polar surface area (TPSA) is 68.1 Å². The summed E-state index contributed by atoms with van der Waals surface area (Å²) in [6.45, 7) is 4.66. The Morgan fingerprint density at radius 2 is 2.08 bits per heavy atom. The SMILES string of the molecule is Cc1sc2ncn(CC(=O)N3CCC[C@@H]3c3ccncc3)c(=O)c2c1C. The number of aromatic nitrogens is 3. The van der Waals surface area contributed by atoms with Gasteiger partial charge >= 0.3 is 0 Å². The lowest BCUT2D eigenvalue weighted by Gasteiger charge is -2.25. The largest absolute Gasteiger partial charge is 0.334 e. The number of rotatable bonds is 3. The number of thiophene rings is 1. The monoisotopic (exact) mass is 368 g/mol. The minimum atomic E-state index is -0.134. The van der Waals surface area contributed by atoms with Crippen LogP contribution in [-0.2, 0) is 11.3 Å². The maximum absolute atomic E-state index is 12.9. The number of pyridine rings is 1. The van der Waals surface area contributed by atoms with Crippen molar-refractivity contribution in [3.8, 4) is 0 Å². The number of nitrogens with zero attached hydrogens (tertiary/aromatic N) is 4. The van der Waals surface area contributed by atoms with Gasteiger partial charge in [0.2, 0.25) is 5.91 Å². The summed E-state index contributed by atoms with van der Waals surface area (Å²) in [5, 5.41) is 0.634. The first-order valence-electron chi connectivity index (χ1n) is 8.71. The van der Waals surface area contributed by atoms with Crippen LogP contribution >= 0.6 is 11.3 Å². The zero-order valence-corrected chi connectivity index (χ0v) is 15.6. The Morgan fingerprint density at radius 1 is 1.31 bits per heavy atom. The summed E-state index contributed by atoms with van der Waals surface area (Å²) in [6, 6.07) is 3.96. The summed E-state index contributed by atoms with van der Waals surface area (Å²) >= 11 is 1.52. The Bertz CT molecular complexity index is 1030. The molecule has 1 aliphatic rings. The Balaban J connectivity index is 1.62. The molecule has 3 aromatic heterocycles. The van der Waals surface area contributed by atoms with Gasteiger partial charge in [0.1, 0.15) is 11.4 Å². The van der Waals surface area contributed by atoms with E-state index in [2.05, 4.69) is 9.97 Å². The molecule has 0 saturated carbocycles. The summed E-state index contributed by atoms with van der Waals surface area (Å²) in [5.41, 5.74) is 1.92. The first-order valence-corrected chi connectivity index (χ1v) is 9.52. The summed E-state index contributed by atoms with van der Waals surface area (Å²) in [5.74, 6) is -0.0443. The molecular weight excluding hydrogens is 348 g/mol. The van der Waals surface area contributed by atoms with Crippen molar-refractivity contribution in [1.82, 2.24) is 19.4 Å². The van der Waals surface area contributed by atoms with Crippen molar-refractivity contribution < 1.29 is 4.79 Å². The van der Waals surface area contributed by atoms with Crippen molar-refractivity contribution in [2.45, 2.75) is 39.3 Å². The summed E-state index contributed by atoms with van der Waals surface area (Å²) in [6.07, 6.45) is 6.90. The molecule has 0 aliphatic carbocycles. The van der Waals surface area contributed by atoms with Gasteiger partial charge in [0.15, 0.2) is 0 Å². The van der Waals surface area contributed by atoms with E-state index in [1.54, 1.807) is 12.4 Å². The van der Waals surface area contributed by atoms with Gasteiger partial charge in [0.25, 0.3) is 5.56 Å². The Morgan fingerprint density at radius 3 is 2.85 bits per heavy atom. The van der Waals surface area contributed by atoms with Crippen LogP contribution in [0.1, 0.15) is 34.9 Å². The van der Waals surface area contributed by atoms with Crippen LogP contribution in [-0.4, -0.2) is 31.9 Å². The second-order valence-corrected chi connectivity index (χ2v) is 7.87. The molecule has 0 radical (unpaired) electrons. The van der Waals surface area contributed by atoms with E-state index in [9.17, 15) is 9.59 Å². The quantitative estimate of drug-likeness (QED) is 0.713. The molecule has 1 aliphatic heterocycles. The van der Waals surface area contributed by atoms with E-state index < -0.39 is 0 Å². The first-order chi connectivity index (χ1) is 12.6. The van der Waals surface area contributed by atoms with E-state index in [0.29, 0.717) is 11.9 Å². The van der Waals surface area contributed by atoms with Crippen LogP contribution in [0.15, 0.2) is 35.6 Å². The summed E-state index contributed by atoms with van der Waals surface area (Å²) < 4.78 is 1.44. The number of fused-ring (bicyclic) bond motifs is 1. The molecule has 6 nitrogen and oxygen atoms in total. The fourth-order valence-corrected chi connectivity index (χ4v) is 4.60. The van der Waals surface area contributed by atoms with Crippen LogP contribution in [0.4, 0.5) is 0 Å². The van der Waals surface area contributed by atoms with E-state index in [-0.39, 0.29) is 24.1 Å². The van der Waals surface area contributed by atoms with Crippen LogP contribution < -0.4 is 5.56 Å². The molecule has 0 N–H and O–H groups in total.